The van der Waals surface area contributed by atoms with Gasteiger partial charge in [-0.1, -0.05) is 11.6 Å². The van der Waals surface area contributed by atoms with Crippen LogP contribution in [0.2, 0.25) is 0 Å². The Labute approximate surface area is 62.4 Å². The lowest BCUT2D eigenvalue weighted by molar-refractivity contribution is 0.970. The van der Waals surface area contributed by atoms with Gasteiger partial charge >= 0.3 is 0 Å². The third kappa shape index (κ3) is 3.89. The zero-order valence-electron chi connectivity index (χ0n) is 6.81. The van der Waals surface area contributed by atoms with E-state index < -0.39 is 0 Å². The summed E-state index contributed by atoms with van der Waals surface area (Å²) in [6.07, 6.45) is 3.88. The van der Waals surface area contributed by atoms with Crippen molar-refractivity contribution in [2.45, 2.75) is 13.8 Å². The molecule has 0 aliphatic heterocycles. The molecule has 0 fully saturated rings. The van der Waals surface area contributed by atoms with Crippen LogP contribution < -0.4 is 5.32 Å². The Kier molecular flexibility index (Phi) is 4.29. The Hall–Kier alpha value is -1.05. The van der Waals surface area contributed by atoms with E-state index in [9.17, 15) is 0 Å². The molecule has 0 spiro atoms. The van der Waals surface area contributed by atoms with Gasteiger partial charge in [-0.3, -0.25) is 0 Å². The molecule has 0 bridgehead atoms. The first kappa shape index (κ1) is 8.95. The summed E-state index contributed by atoms with van der Waals surface area (Å²) in [6.45, 7) is 7.47. The number of allylic oxidation sites excluding steroid dienone is 3. The minimum Gasteiger partial charge on any atom is -0.373 e. The molecule has 0 heterocycles. The predicted molar refractivity (Wildman–Crippen MR) is 46.1 cm³/mol. The highest BCUT2D eigenvalue weighted by Gasteiger charge is 1.81. The molecule has 0 aliphatic rings. The minimum absolute atomic E-state index is 0.793. The van der Waals surface area contributed by atoms with Gasteiger partial charge in [0.05, 0.1) is 0 Å². The molecule has 0 saturated heterocycles. The largest absolute Gasteiger partial charge is 0.373 e. The van der Waals surface area contributed by atoms with Crippen LogP contribution in [0, 0.1) is 0 Å². The van der Waals surface area contributed by atoms with Gasteiger partial charge in [0.15, 0.2) is 0 Å². The Morgan fingerprint density at radius 3 is 2.30 bits per heavy atom. The monoisotopic (exact) mass is 138 g/mol. The van der Waals surface area contributed by atoms with Crippen molar-refractivity contribution in [3.63, 3.8) is 0 Å². The standard InChI is InChI=1S/C8H14N2/c1-7(2)5-6-8(9-3)10-4/h5-6,10H,3H2,1-2,4H3/b8-6+. The average molecular weight is 138 g/mol. The first-order valence-corrected chi connectivity index (χ1v) is 3.20. The lowest BCUT2D eigenvalue weighted by atomic mass is 10.3. The van der Waals surface area contributed by atoms with E-state index in [1.54, 1.807) is 0 Å². The molecular formula is C8H14N2. The quantitative estimate of drug-likeness (QED) is 0.466. The van der Waals surface area contributed by atoms with E-state index in [-0.39, 0.29) is 0 Å². The highest BCUT2D eigenvalue weighted by Crippen LogP contribution is 1.93. The third-order valence-corrected chi connectivity index (χ3v) is 1.00. The van der Waals surface area contributed by atoms with Gasteiger partial charge < -0.3 is 5.32 Å². The summed E-state index contributed by atoms with van der Waals surface area (Å²) in [5.41, 5.74) is 1.25. The van der Waals surface area contributed by atoms with Crippen molar-refractivity contribution >= 4 is 6.72 Å². The maximum Gasteiger partial charge on any atom is 0.124 e. The normalized spacial score (nSPS) is 10.5. The maximum atomic E-state index is 3.73. The average Bonchev–Trinajstić information content (AvgIpc) is 1.90. The molecule has 1 N–H and O–H groups in total. The lowest BCUT2D eigenvalue weighted by Crippen LogP contribution is -2.01. The van der Waals surface area contributed by atoms with Gasteiger partial charge in [-0.15, -0.1) is 0 Å². The van der Waals surface area contributed by atoms with Crippen LogP contribution >= 0.6 is 0 Å². The summed E-state index contributed by atoms with van der Waals surface area (Å²) in [6, 6.07) is 0. The molecular weight excluding hydrogens is 124 g/mol. The summed E-state index contributed by atoms with van der Waals surface area (Å²) >= 11 is 0. The second kappa shape index (κ2) is 4.79. The number of rotatable bonds is 3. The molecule has 10 heavy (non-hydrogen) atoms. The van der Waals surface area contributed by atoms with Crippen molar-refractivity contribution in [1.82, 2.24) is 5.32 Å². The second-order valence-electron chi connectivity index (χ2n) is 2.20. The van der Waals surface area contributed by atoms with E-state index in [1.807, 2.05) is 33.0 Å². The number of hydrogen-bond donors (Lipinski definition) is 1. The molecule has 0 saturated carbocycles. The number of nitrogens with zero attached hydrogens (tertiary/aromatic N) is 1. The lowest BCUT2D eigenvalue weighted by Gasteiger charge is -1.95. The number of nitrogens with one attached hydrogen (secondary N) is 1. The first-order chi connectivity index (χ1) is 4.70. The molecule has 2 heteroatoms. The highest BCUT2D eigenvalue weighted by atomic mass is 15.0. The summed E-state index contributed by atoms with van der Waals surface area (Å²) in [5.74, 6) is 0.793. The molecule has 0 rings (SSSR count). The smallest absolute Gasteiger partial charge is 0.124 e. The van der Waals surface area contributed by atoms with Crippen molar-refractivity contribution in [1.29, 1.82) is 0 Å². The molecule has 0 atom stereocenters. The van der Waals surface area contributed by atoms with Crippen molar-refractivity contribution in [3.05, 3.63) is 23.5 Å². The summed E-state index contributed by atoms with van der Waals surface area (Å²) < 4.78 is 0. The molecule has 0 radical (unpaired) electrons. The summed E-state index contributed by atoms with van der Waals surface area (Å²) in [4.78, 5) is 3.73. The van der Waals surface area contributed by atoms with Crippen molar-refractivity contribution in [3.8, 4) is 0 Å². The Balaban J connectivity index is 4.12. The van der Waals surface area contributed by atoms with Crippen molar-refractivity contribution in [2.75, 3.05) is 7.05 Å². The van der Waals surface area contributed by atoms with E-state index in [2.05, 4.69) is 17.0 Å². The zero-order valence-corrected chi connectivity index (χ0v) is 6.81. The van der Waals surface area contributed by atoms with Crippen LogP contribution in [0.3, 0.4) is 0 Å². The fraction of sp³-hybridized carbons (Fsp3) is 0.375. The zero-order chi connectivity index (χ0) is 7.98. The van der Waals surface area contributed by atoms with Crippen LogP contribution in [0.1, 0.15) is 13.8 Å². The van der Waals surface area contributed by atoms with Gasteiger partial charge in [0.2, 0.25) is 0 Å². The SMILES string of the molecule is C=N/C(=C\C=C(C)C)NC. The van der Waals surface area contributed by atoms with Crippen LogP contribution in [-0.4, -0.2) is 13.8 Å². The summed E-state index contributed by atoms with van der Waals surface area (Å²) in [5, 5.41) is 2.89. The van der Waals surface area contributed by atoms with Gasteiger partial charge in [-0.25, -0.2) is 4.99 Å². The fourth-order valence-corrected chi connectivity index (χ4v) is 0.461. The molecule has 0 aliphatic carbocycles. The van der Waals surface area contributed by atoms with Crippen LogP contribution in [0.5, 0.6) is 0 Å². The highest BCUT2D eigenvalue weighted by molar-refractivity contribution is 5.29. The molecule has 0 aromatic rings. The van der Waals surface area contributed by atoms with Gasteiger partial charge in [-0.2, -0.15) is 0 Å². The minimum atomic E-state index is 0.793. The van der Waals surface area contributed by atoms with E-state index in [0.29, 0.717) is 0 Å². The van der Waals surface area contributed by atoms with Gasteiger partial charge in [0, 0.05) is 7.05 Å². The third-order valence-electron chi connectivity index (χ3n) is 1.00. The van der Waals surface area contributed by atoms with Crippen LogP contribution in [0.25, 0.3) is 0 Å². The first-order valence-electron chi connectivity index (χ1n) is 3.20. The number of aliphatic imine (C=N–C) groups is 1. The van der Waals surface area contributed by atoms with Gasteiger partial charge in [-0.05, 0) is 26.6 Å². The van der Waals surface area contributed by atoms with Crippen LogP contribution in [-0.2, 0) is 0 Å². The van der Waals surface area contributed by atoms with Crippen LogP contribution in [0.4, 0.5) is 0 Å². The molecule has 0 amide bonds. The molecule has 2 nitrogen and oxygen atoms in total. The Morgan fingerprint density at radius 1 is 1.40 bits per heavy atom. The molecule has 0 aromatic heterocycles. The van der Waals surface area contributed by atoms with Gasteiger partial charge in [0.25, 0.3) is 0 Å². The molecule has 0 unspecified atom stereocenters. The van der Waals surface area contributed by atoms with Crippen LogP contribution in [0.15, 0.2) is 28.5 Å². The topological polar surface area (TPSA) is 24.4 Å². The fourth-order valence-electron chi connectivity index (χ4n) is 0.461. The summed E-state index contributed by atoms with van der Waals surface area (Å²) in [7, 11) is 1.82. The van der Waals surface area contributed by atoms with E-state index >= 15 is 0 Å². The van der Waals surface area contributed by atoms with E-state index in [1.165, 1.54) is 5.57 Å². The maximum absolute atomic E-state index is 3.73. The van der Waals surface area contributed by atoms with Crippen molar-refractivity contribution in [2.24, 2.45) is 4.99 Å². The second-order valence-corrected chi connectivity index (χ2v) is 2.20. The predicted octanol–water partition coefficient (Wildman–Crippen LogP) is 1.71. The van der Waals surface area contributed by atoms with E-state index in [0.717, 1.165) is 5.82 Å². The molecule has 56 valence electrons. The van der Waals surface area contributed by atoms with E-state index in [4.69, 9.17) is 0 Å². The Bertz CT molecular complexity index is 162. The number of hydrogen-bond acceptors (Lipinski definition) is 2. The Morgan fingerprint density at radius 2 is 2.00 bits per heavy atom. The van der Waals surface area contributed by atoms with Crippen molar-refractivity contribution < 1.29 is 0 Å². The molecule has 0 aromatic carbocycles. The van der Waals surface area contributed by atoms with Gasteiger partial charge in [0.1, 0.15) is 5.82 Å².